The molecule has 0 radical (unpaired) electrons. The van der Waals surface area contributed by atoms with Gasteiger partial charge in [-0.15, -0.1) is 0 Å². The number of hydrogen-bond acceptors (Lipinski definition) is 3. The zero-order valence-corrected chi connectivity index (χ0v) is 16.8. The van der Waals surface area contributed by atoms with Crippen LogP contribution in [0.2, 0.25) is 0 Å². The Balaban J connectivity index is 1.63. The summed E-state index contributed by atoms with van der Waals surface area (Å²) in [6.07, 6.45) is 1.92. The first kappa shape index (κ1) is 19.2. The van der Waals surface area contributed by atoms with Gasteiger partial charge in [0.1, 0.15) is 5.82 Å². The molecule has 0 bridgehead atoms. The smallest absolute Gasteiger partial charge is 0.253 e. The van der Waals surface area contributed by atoms with E-state index < -0.39 is 5.91 Å². The van der Waals surface area contributed by atoms with Gasteiger partial charge in [0.25, 0.3) is 5.91 Å². The van der Waals surface area contributed by atoms with Gasteiger partial charge in [0, 0.05) is 36.2 Å². The van der Waals surface area contributed by atoms with E-state index in [9.17, 15) is 9.59 Å². The third-order valence-corrected chi connectivity index (χ3v) is 5.61. The van der Waals surface area contributed by atoms with Crippen LogP contribution >= 0.6 is 0 Å². The standard InChI is InChI=1S/C23H26N4O2/c1-15(2)27-20-11-4-3-10-19(20)25-22(27)18-9-6-12-26(14-18)23(29)17-8-5-7-16(13-17)21(24)28/h3-5,7-8,10-11,13,15,18H,6,9,12,14H2,1-2H3,(H2,24,28). The minimum absolute atomic E-state index is 0.0648. The molecule has 2 aromatic carbocycles. The first-order valence-corrected chi connectivity index (χ1v) is 10.1. The number of amides is 2. The molecule has 6 nitrogen and oxygen atoms in total. The highest BCUT2D eigenvalue weighted by Crippen LogP contribution is 2.32. The van der Waals surface area contributed by atoms with E-state index in [1.54, 1.807) is 24.3 Å². The average molecular weight is 390 g/mol. The number of aromatic nitrogens is 2. The maximum Gasteiger partial charge on any atom is 0.253 e. The molecule has 4 rings (SSSR count). The van der Waals surface area contributed by atoms with Crippen LogP contribution in [-0.4, -0.2) is 39.4 Å². The maximum atomic E-state index is 13.1. The molecule has 0 aliphatic carbocycles. The maximum absolute atomic E-state index is 13.1. The number of hydrogen-bond donors (Lipinski definition) is 1. The van der Waals surface area contributed by atoms with Gasteiger partial charge in [-0.05, 0) is 57.0 Å². The van der Waals surface area contributed by atoms with Gasteiger partial charge in [0.15, 0.2) is 0 Å². The van der Waals surface area contributed by atoms with Crippen molar-refractivity contribution in [3.05, 3.63) is 65.5 Å². The second-order valence-corrected chi connectivity index (χ2v) is 7.96. The summed E-state index contributed by atoms with van der Waals surface area (Å²) in [5.74, 6) is 0.637. The van der Waals surface area contributed by atoms with Crippen molar-refractivity contribution in [1.29, 1.82) is 0 Å². The lowest BCUT2D eigenvalue weighted by atomic mass is 9.96. The predicted octanol–water partition coefficient (Wildman–Crippen LogP) is 3.74. The van der Waals surface area contributed by atoms with Gasteiger partial charge < -0.3 is 15.2 Å². The lowest BCUT2D eigenvalue weighted by Crippen LogP contribution is -2.40. The van der Waals surface area contributed by atoms with Crippen molar-refractivity contribution in [3.63, 3.8) is 0 Å². The fraction of sp³-hybridized carbons (Fsp3) is 0.348. The van der Waals surface area contributed by atoms with Crippen molar-refractivity contribution in [2.24, 2.45) is 5.73 Å². The zero-order chi connectivity index (χ0) is 20.5. The lowest BCUT2D eigenvalue weighted by Gasteiger charge is -2.33. The Labute approximate surface area is 170 Å². The molecule has 2 N–H and O–H groups in total. The van der Waals surface area contributed by atoms with Crippen molar-refractivity contribution in [2.45, 2.75) is 38.6 Å². The number of piperidine rings is 1. The molecular weight excluding hydrogens is 364 g/mol. The molecule has 2 amide bonds. The largest absolute Gasteiger partial charge is 0.366 e. The second-order valence-electron chi connectivity index (χ2n) is 7.96. The number of carbonyl (C=O) groups excluding carboxylic acids is 2. The molecule has 0 saturated carbocycles. The highest BCUT2D eigenvalue weighted by molar-refractivity contribution is 5.99. The molecule has 1 unspecified atom stereocenters. The fourth-order valence-corrected chi connectivity index (χ4v) is 4.25. The van der Waals surface area contributed by atoms with E-state index in [4.69, 9.17) is 10.7 Å². The molecule has 150 valence electrons. The quantitative estimate of drug-likeness (QED) is 0.737. The van der Waals surface area contributed by atoms with E-state index >= 15 is 0 Å². The molecule has 1 aliphatic rings. The predicted molar refractivity (Wildman–Crippen MR) is 113 cm³/mol. The van der Waals surface area contributed by atoms with Crippen LogP contribution in [0.4, 0.5) is 0 Å². The summed E-state index contributed by atoms with van der Waals surface area (Å²) < 4.78 is 2.29. The Morgan fingerprint density at radius 2 is 1.86 bits per heavy atom. The zero-order valence-electron chi connectivity index (χ0n) is 16.8. The van der Waals surface area contributed by atoms with Crippen LogP contribution in [-0.2, 0) is 0 Å². The van der Waals surface area contributed by atoms with Crippen molar-refractivity contribution in [1.82, 2.24) is 14.5 Å². The van der Waals surface area contributed by atoms with Crippen LogP contribution in [0.1, 0.15) is 65.2 Å². The number of para-hydroxylation sites is 2. The molecule has 3 aromatic rings. The summed E-state index contributed by atoms with van der Waals surface area (Å²) in [6, 6.07) is 15.1. The van der Waals surface area contributed by atoms with Crippen LogP contribution in [0.15, 0.2) is 48.5 Å². The number of nitrogens with zero attached hydrogens (tertiary/aromatic N) is 3. The van der Waals surface area contributed by atoms with E-state index in [1.165, 1.54) is 0 Å². The number of fused-ring (bicyclic) bond motifs is 1. The minimum atomic E-state index is -0.526. The van der Waals surface area contributed by atoms with E-state index in [1.807, 2.05) is 23.1 Å². The molecule has 1 saturated heterocycles. The molecule has 6 heteroatoms. The van der Waals surface area contributed by atoms with Gasteiger partial charge in [-0.25, -0.2) is 4.98 Å². The molecular formula is C23H26N4O2. The molecule has 2 heterocycles. The molecule has 1 aromatic heterocycles. The number of likely N-dealkylation sites (tertiary alicyclic amines) is 1. The molecule has 1 atom stereocenters. The van der Waals surface area contributed by atoms with Crippen molar-refractivity contribution >= 4 is 22.8 Å². The Bertz CT molecular complexity index is 1070. The van der Waals surface area contributed by atoms with E-state index in [2.05, 4.69) is 24.5 Å². The minimum Gasteiger partial charge on any atom is -0.366 e. The Morgan fingerprint density at radius 3 is 2.62 bits per heavy atom. The van der Waals surface area contributed by atoms with Gasteiger partial charge in [0.2, 0.25) is 5.91 Å². The lowest BCUT2D eigenvalue weighted by molar-refractivity contribution is 0.0703. The number of benzene rings is 2. The Hall–Kier alpha value is -3.15. The van der Waals surface area contributed by atoms with E-state index in [-0.39, 0.29) is 17.9 Å². The van der Waals surface area contributed by atoms with E-state index in [0.717, 1.165) is 29.7 Å². The van der Waals surface area contributed by atoms with Crippen molar-refractivity contribution in [2.75, 3.05) is 13.1 Å². The molecule has 1 aliphatic heterocycles. The summed E-state index contributed by atoms with van der Waals surface area (Å²) in [5, 5.41) is 0. The number of primary amides is 1. The van der Waals surface area contributed by atoms with Crippen LogP contribution in [0.25, 0.3) is 11.0 Å². The van der Waals surface area contributed by atoms with Crippen LogP contribution in [0, 0.1) is 0 Å². The number of rotatable bonds is 4. The fourth-order valence-electron chi connectivity index (χ4n) is 4.25. The Kier molecular flexibility index (Phi) is 5.09. The van der Waals surface area contributed by atoms with Gasteiger partial charge in [-0.2, -0.15) is 0 Å². The first-order valence-electron chi connectivity index (χ1n) is 10.1. The summed E-state index contributed by atoms with van der Waals surface area (Å²) in [5.41, 5.74) is 8.35. The summed E-state index contributed by atoms with van der Waals surface area (Å²) >= 11 is 0. The third kappa shape index (κ3) is 3.62. The monoisotopic (exact) mass is 390 g/mol. The summed E-state index contributed by atoms with van der Waals surface area (Å²) in [7, 11) is 0. The van der Waals surface area contributed by atoms with Gasteiger partial charge in [-0.1, -0.05) is 18.2 Å². The third-order valence-electron chi connectivity index (χ3n) is 5.61. The van der Waals surface area contributed by atoms with Crippen molar-refractivity contribution in [3.8, 4) is 0 Å². The van der Waals surface area contributed by atoms with Gasteiger partial charge >= 0.3 is 0 Å². The first-order chi connectivity index (χ1) is 14.0. The summed E-state index contributed by atoms with van der Waals surface area (Å²) in [4.78, 5) is 31.3. The number of nitrogens with two attached hydrogens (primary N) is 1. The van der Waals surface area contributed by atoms with Crippen molar-refractivity contribution < 1.29 is 9.59 Å². The SMILES string of the molecule is CC(C)n1c(C2CCCN(C(=O)c3cccc(C(N)=O)c3)C2)nc2ccccc21. The average Bonchev–Trinajstić information content (AvgIpc) is 3.13. The van der Waals surface area contributed by atoms with Gasteiger partial charge in [0.05, 0.1) is 11.0 Å². The highest BCUT2D eigenvalue weighted by atomic mass is 16.2. The van der Waals surface area contributed by atoms with E-state index in [0.29, 0.717) is 24.2 Å². The molecule has 1 fully saturated rings. The Morgan fingerprint density at radius 1 is 1.10 bits per heavy atom. The highest BCUT2D eigenvalue weighted by Gasteiger charge is 2.29. The van der Waals surface area contributed by atoms with Gasteiger partial charge in [-0.3, -0.25) is 9.59 Å². The second kappa shape index (κ2) is 7.70. The molecule has 0 spiro atoms. The van der Waals surface area contributed by atoms with Crippen LogP contribution < -0.4 is 5.73 Å². The molecule has 29 heavy (non-hydrogen) atoms. The van der Waals surface area contributed by atoms with Crippen LogP contribution in [0.3, 0.4) is 0 Å². The number of imidazole rings is 1. The summed E-state index contributed by atoms with van der Waals surface area (Å²) in [6.45, 7) is 5.66. The topological polar surface area (TPSA) is 81.2 Å². The normalized spacial score (nSPS) is 17.1. The number of carbonyl (C=O) groups is 2. The van der Waals surface area contributed by atoms with Crippen LogP contribution in [0.5, 0.6) is 0 Å².